The predicted molar refractivity (Wildman–Crippen MR) is 233 cm³/mol. The van der Waals surface area contributed by atoms with Crippen molar-refractivity contribution in [1.29, 1.82) is 0 Å². The van der Waals surface area contributed by atoms with Crippen molar-refractivity contribution in [2.45, 2.75) is 0 Å². The maximum absolute atomic E-state index is 6.37. The molecule has 0 bridgehead atoms. The first-order chi connectivity index (χ1) is 27.2. The zero-order valence-electron chi connectivity index (χ0n) is 29.2. The van der Waals surface area contributed by atoms with Crippen molar-refractivity contribution in [3.63, 3.8) is 0 Å². The molecule has 0 aliphatic carbocycles. The zero-order valence-corrected chi connectivity index (χ0v) is 30.8. The number of para-hydroxylation sites is 1. The molecule has 4 heterocycles. The number of benzene rings is 8. The minimum atomic E-state index is 0.855. The van der Waals surface area contributed by atoms with Gasteiger partial charge in [-0.05, 0) is 90.0 Å². The Morgan fingerprint density at radius 2 is 1.04 bits per heavy atom. The highest BCUT2D eigenvalue weighted by molar-refractivity contribution is 7.25. The molecule has 0 N–H and O–H groups in total. The van der Waals surface area contributed by atoms with E-state index in [1.807, 2.05) is 29.5 Å². The average Bonchev–Trinajstić information content (AvgIpc) is 4.02. The van der Waals surface area contributed by atoms with Gasteiger partial charge in [-0.15, -0.1) is 22.7 Å². The summed E-state index contributed by atoms with van der Waals surface area (Å²) in [4.78, 5) is 7.49. The third-order valence-electron chi connectivity index (χ3n) is 10.7. The Morgan fingerprint density at radius 3 is 1.95 bits per heavy atom. The number of aromatic nitrogens is 1. The van der Waals surface area contributed by atoms with Gasteiger partial charge in [0, 0.05) is 59.0 Å². The Labute approximate surface area is 322 Å². The molecule has 0 radical (unpaired) electrons. The fourth-order valence-corrected chi connectivity index (χ4v) is 10.2. The number of thiophene rings is 1. The van der Waals surface area contributed by atoms with Crippen LogP contribution in [0.3, 0.4) is 0 Å². The van der Waals surface area contributed by atoms with Gasteiger partial charge in [0.25, 0.3) is 0 Å². The molecule has 55 heavy (non-hydrogen) atoms. The molecule has 8 aromatic carbocycles. The largest absolute Gasteiger partial charge is 0.456 e. The second-order valence-corrected chi connectivity index (χ2v) is 16.0. The van der Waals surface area contributed by atoms with Gasteiger partial charge in [-0.3, -0.25) is 0 Å². The maximum atomic E-state index is 6.37. The number of furan rings is 2. The van der Waals surface area contributed by atoms with E-state index in [4.69, 9.17) is 13.8 Å². The molecule has 0 aliphatic rings. The quantitative estimate of drug-likeness (QED) is 0.176. The van der Waals surface area contributed by atoms with Crippen molar-refractivity contribution in [3.05, 3.63) is 170 Å². The van der Waals surface area contributed by atoms with Gasteiger partial charge in [0.05, 0.1) is 15.6 Å². The normalized spacial score (nSPS) is 12.0. The molecule has 0 saturated heterocycles. The first-order valence-corrected chi connectivity index (χ1v) is 19.9. The molecule has 6 heteroatoms. The summed E-state index contributed by atoms with van der Waals surface area (Å²) in [6, 6.07) is 60.3. The van der Waals surface area contributed by atoms with E-state index in [0.29, 0.717) is 0 Å². The molecule has 0 aliphatic heterocycles. The standard InChI is InChI=1S/C49H28N2O2S2/c1-2-8-30(9-3-1)49-50-48-45(55-49)25-24-43-47(48)39-26-31(16-22-42(39)53-43)29-14-17-32(18-15-29)51(33-20-23-41-38(27-33)35-10-4-6-12-40(35)52-41)34-19-21-37-36-11-5-7-13-44(36)54-46(37)28-34/h1-28H. The SMILES string of the molecule is c1ccc(-c2nc3c(ccc4oc5ccc(-c6ccc(N(c7ccc8c(c7)sc7ccccc78)c7ccc8oc9ccccc9c8c7)cc6)cc5c43)s2)cc1. The Morgan fingerprint density at radius 1 is 0.382 bits per heavy atom. The monoisotopic (exact) mass is 740 g/mol. The van der Waals surface area contributed by atoms with E-state index >= 15 is 0 Å². The number of nitrogens with zero attached hydrogens (tertiary/aromatic N) is 2. The van der Waals surface area contributed by atoms with Crippen LogP contribution in [0.2, 0.25) is 0 Å². The molecule has 4 aromatic heterocycles. The summed E-state index contributed by atoms with van der Waals surface area (Å²) in [6.45, 7) is 0. The van der Waals surface area contributed by atoms with E-state index in [0.717, 1.165) is 92.9 Å². The summed E-state index contributed by atoms with van der Waals surface area (Å²) < 4.78 is 16.3. The second-order valence-electron chi connectivity index (χ2n) is 13.9. The summed E-state index contributed by atoms with van der Waals surface area (Å²) in [5, 5.41) is 7.95. The molecule has 4 nitrogen and oxygen atoms in total. The Balaban J connectivity index is 0.984. The molecule has 12 rings (SSSR count). The van der Waals surface area contributed by atoms with Crippen molar-refractivity contribution in [3.8, 4) is 21.7 Å². The van der Waals surface area contributed by atoms with Crippen LogP contribution >= 0.6 is 22.7 Å². The highest BCUT2D eigenvalue weighted by atomic mass is 32.1. The lowest BCUT2D eigenvalue weighted by Gasteiger charge is -2.26. The minimum absolute atomic E-state index is 0.855. The van der Waals surface area contributed by atoms with Crippen LogP contribution in [0.25, 0.3) is 96.0 Å². The van der Waals surface area contributed by atoms with Crippen molar-refractivity contribution < 1.29 is 8.83 Å². The van der Waals surface area contributed by atoms with Crippen LogP contribution < -0.4 is 4.90 Å². The summed E-state index contributed by atoms with van der Waals surface area (Å²) in [6.07, 6.45) is 0. The third kappa shape index (κ3) is 4.85. The van der Waals surface area contributed by atoms with Crippen LogP contribution in [0.4, 0.5) is 17.1 Å². The predicted octanol–water partition coefficient (Wildman–Crippen LogP) is 15.3. The van der Waals surface area contributed by atoms with Crippen LogP contribution in [-0.2, 0) is 0 Å². The summed E-state index contributed by atoms with van der Waals surface area (Å²) >= 11 is 3.56. The number of hydrogen-bond acceptors (Lipinski definition) is 6. The minimum Gasteiger partial charge on any atom is -0.456 e. The fourth-order valence-electron chi connectivity index (χ4n) is 8.09. The maximum Gasteiger partial charge on any atom is 0.137 e. The van der Waals surface area contributed by atoms with Gasteiger partial charge in [0.1, 0.15) is 27.3 Å². The summed E-state index contributed by atoms with van der Waals surface area (Å²) in [5.74, 6) is 0. The second kappa shape index (κ2) is 11.9. The highest BCUT2D eigenvalue weighted by Gasteiger charge is 2.19. The van der Waals surface area contributed by atoms with Gasteiger partial charge in [-0.25, -0.2) is 4.98 Å². The van der Waals surface area contributed by atoms with E-state index in [1.54, 1.807) is 11.3 Å². The Kier molecular flexibility index (Phi) is 6.64. The lowest BCUT2D eigenvalue weighted by molar-refractivity contribution is 0.668. The van der Waals surface area contributed by atoms with Crippen LogP contribution in [0.15, 0.2) is 179 Å². The van der Waals surface area contributed by atoms with Gasteiger partial charge >= 0.3 is 0 Å². The van der Waals surface area contributed by atoms with Crippen LogP contribution in [0.1, 0.15) is 0 Å². The van der Waals surface area contributed by atoms with Gasteiger partial charge in [0.15, 0.2) is 0 Å². The van der Waals surface area contributed by atoms with Crippen LogP contribution in [-0.4, -0.2) is 4.98 Å². The van der Waals surface area contributed by atoms with E-state index in [1.165, 1.54) is 20.2 Å². The smallest absolute Gasteiger partial charge is 0.137 e. The van der Waals surface area contributed by atoms with Crippen molar-refractivity contribution in [2.75, 3.05) is 4.90 Å². The molecule has 0 amide bonds. The van der Waals surface area contributed by atoms with Crippen LogP contribution in [0, 0.1) is 0 Å². The Hall–Kier alpha value is -6.73. The molecule has 0 atom stereocenters. The molecular weight excluding hydrogens is 713 g/mol. The molecule has 0 spiro atoms. The third-order valence-corrected chi connectivity index (χ3v) is 12.9. The molecule has 12 aromatic rings. The zero-order chi connectivity index (χ0) is 36.0. The van der Waals surface area contributed by atoms with Gasteiger partial charge in [-0.1, -0.05) is 91.0 Å². The molecule has 0 unspecified atom stereocenters. The topological polar surface area (TPSA) is 42.4 Å². The van der Waals surface area contributed by atoms with E-state index in [9.17, 15) is 0 Å². The van der Waals surface area contributed by atoms with E-state index in [-0.39, 0.29) is 0 Å². The number of thiazole rings is 1. The van der Waals surface area contributed by atoms with Gasteiger partial charge < -0.3 is 13.7 Å². The molecule has 0 saturated carbocycles. The van der Waals surface area contributed by atoms with Gasteiger partial charge in [0.2, 0.25) is 0 Å². The van der Waals surface area contributed by atoms with Crippen LogP contribution in [0.5, 0.6) is 0 Å². The number of hydrogen-bond donors (Lipinski definition) is 0. The summed E-state index contributed by atoms with van der Waals surface area (Å²) in [7, 11) is 0. The van der Waals surface area contributed by atoms with Crippen molar-refractivity contribution in [2.24, 2.45) is 0 Å². The first kappa shape index (κ1) is 30.7. The van der Waals surface area contributed by atoms with E-state index in [2.05, 4.69) is 157 Å². The fraction of sp³-hybridized carbons (Fsp3) is 0. The van der Waals surface area contributed by atoms with Gasteiger partial charge in [-0.2, -0.15) is 0 Å². The number of rotatable bonds is 5. The lowest BCUT2D eigenvalue weighted by Crippen LogP contribution is -2.09. The van der Waals surface area contributed by atoms with Crippen molar-refractivity contribution >= 4 is 114 Å². The number of anilines is 3. The highest BCUT2D eigenvalue weighted by Crippen LogP contribution is 2.44. The average molecular weight is 741 g/mol. The molecular formula is C49H28N2O2S2. The van der Waals surface area contributed by atoms with Crippen molar-refractivity contribution in [1.82, 2.24) is 4.98 Å². The van der Waals surface area contributed by atoms with E-state index < -0.39 is 0 Å². The summed E-state index contributed by atoms with van der Waals surface area (Å²) in [5.41, 5.74) is 11.1. The molecule has 0 fully saturated rings. The number of fused-ring (bicyclic) bond motifs is 11. The Bertz CT molecular complexity index is 3440. The lowest BCUT2D eigenvalue weighted by atomic mass is 10.0. The first-order valence-electron chi connectivity index (χ1n) is 18.3. The molecule has 258 valence electrons.